The molecule has 4 heteroatoms. The molecule has 1 heterocycles. The first kappa shape index (κ1) is 17.5. The van der Waals surface area contributed by atoms with Gasteiger partial charge in [0, 0.05) is 16.6 Å². The Balaban J connectivity index is 0.000000924. The van der Waals surface area contributed by atoms with Crippen molar-refractivity contribution in [3.8, 4) is 0 Å². The minimum absolute atomic E-state index is 0.421. The van der Waals surface area contributed by atoms with Crippen LogP contribution in [0.5, 0.6) is 0 Å². The second-order valence-corrected chi connectivity index (χ2v) is 6.35. The Hall–Kier alpha value is -1.81. The minimum atomic E-state index is -0.844. The summed E-state index contributed by atoms with van der Waals surface area (Å²) in [7, 11) is 1.50. The number of hydrogen-bond donors (Lipinski definition) is 3. The fourth-order valence-electron chi connectivity index (χ4n) is 3.65. The predicted molar refractivity (Wildman–Crippen MR) is 95.0 cm³/mol. The molecular formula is C19H28N2O2. The number of aryl methyl sites for hydroxylation is 2. The molecule has 0 amide bonds. The summed E-state index contributed by atoms with van der Waals surface area (Å²) in [4.78, 5) is 14.6. The Kier molecular flexibility index (Phi) is 6.22. The fourth-order valence-corrected chi connectivity index (χ4v) is 3.65. The quantitative estimate of drug-likeness (QED) is 0.788. The van der Waals surface area contributed by atoms with Crippen molar-refractivity contribution in [2.75, 3.05) is 7.05 Å². The van der Waals surface area contributed by atoms with Crippen molar-refractivity contribution >= 4 is 16.9 Å². The van der Waals surface area contributed by atoms with E-state index in [0.717, 1.165) is 28.9 Å². The van der Waals surface area contributed by atoms with Crippen LogP contribution >= 0.6 is 0 Å². The highest BCUT2D eigenvalue weighted by Gasteiger charge is 2.16. The van der Waals surface area contributed by atoms with Gasteiger partial charge in [-0.2, -0.15) is 0 Å². The molecule has 0 atom stereocenters. The van der Waals surface area contributed by atoms with Gasteiger partial charge in [0.25, 0.3) is 0 Å². The van der Waals surface area contributed by atoms with Crippen LogP contribution in [0.4, 0.5) is 0 Å². The second kappa shape index (κ2) is 8.16. The van der Waals surface area contributed by atoms with Crippen molar-refractivity contribution in [2.24, 2.45) is 11.7 Å². The first-order valence-electron chi connectivity index (χ1n) is 8.57. The molecule has 4 N–H and O–H groups in total. The zero-order valence-corrected chi connectivity index (χ0v) is 14.2. The number of aromatic carboxylic acids is 1. The predicted octanol–water partition coefficient (Wildman–Crippen LogP) is 4.26. The summed E-state index contributed by atoms with van der Waals surface area (Å²) in [6.07, 6.45) is 9.18. The molecule has 1 aromatic heterocycles. The smallest absolute Gasteiger partial charge is 0.338 e. The highest BCUT2D eigenvalue weighted by molar-refractivity contribution is 6.04. The second-order valence-electron chi connectivity index (χ2n) is 6.35. The topological polar surface area (TPSA) is 79.1 Å². The maximum atomic E-state index is 11.4. The molecule has 4 nitrogen and oxygen atoms in total. The molecule has 1 aromatic carbocycles. The maximum absolute atomic E-state index is 11.4. The number of hydrogen-bond acceptors (Lipinski definition) is 2. The molecule has 1 aliphatic rings. The molecule has 126 valence electrons. The molecule has 1 saturated carbocycles. The monoisotopic (exact) mass is 316 g/mol. The minimum Gasteiger partial charge on any atom is -0.478 e. The number of carboxylic acids is 1. The zero-order chi connectivity index (χ0) is 16.8. The molecule has 0 bridgehead atoms. The fraction of sp³-hybridized carbons (Fsp3) is 0.526. The van der Waals surface area contributed by atoms with E-state index in [0.29, 0.717) is 5.56 Å². The number of carbonyl (C=O) groups is 1. The first-order valence-corrected chi connectivity index (χ1v) is 8.57. The third-order valence-corrected chi connectivity index (χ3v) is 4.83. The molecular weight excluding hydrogens is 288 g/mol. The van der Waals surface area contributed by atoms with Gasteiger partial charge in [-0.1, -0.05) is 38.2 Å². The van der Waals surface area contributed by atoms with Gasteiger partial charge < -0.3 is 15.8 Å². The van der Waals surface area contributed by atoms with E-state index in [2.05, 4.69) is 22.9 Å². The number of rotatable bonds is 4. The van der Waals surface area contributed by atoms with E-state index in [1.807, 2.05) is 13.0 Å². The standard InChI is InChI=1S/C18H23NO2.CH5N/c1-12-17(18(20)21)15-11-14(9-10-16(15)19-12)8-7-13-5-3-2-4-6-13;1-2/h9-11,13,19H,2-8H2,1H3,(H,20,21);2H2,1H3. The van der Waals surface area contributed by atoms with Gasteiger partial charge >= 0.3 is 5.97 Å². The number of nitrogens with one attached hydrogen (secondary N) is 1. The highest BCUT2D eigenvalue weighted by Crippen LogP contribution is 2.29. The summed E-state index contributed by atoms with van der Waals surface area (Å²) in [5.41, 5.74) is 7.84. The third-order valence-electron chi connectivity index (χ3n) is 4.83. The van der Waals surface area contributed by atoms with Crippen LogP contribution in [0.15, 0.2) is 18.2 Å². The third kappa shape index (κ3) is 4.14. The van der Waals surface area contributed by atoms with E-state index in [9.17, 15) is 9.90 Å². The molecule has 3 rings (SSSR count). The maximum Gasteiger partial charge on any atom is 0.338 e. The number of H-pyrrole nitrogens is 1. The van der Waals surface area contributed by atoms with Crippen molar-refractivity contribution in [3.05, 3.63) is 35.0 Å². The summed E-state index contributed by atoms with van der Waals surface area (Å²) in [5.74, 6) is 0.0181. The Bertz CT molecular complexity index is 655. The average Bonchev–Trinajstić information content (AvgIpc) is 2.91. The lowest BCUT2D eigenvalue weighted by atomic mass is 9.85. The van der Waals surface area contributed by atoms with E-state index in [1.54, 1.807) is 0 Å². The van der Waals surface area contributed by atoms with Crippen LogP contribution in [0, 0.1) is 12.8 Å². The Labute approximate surface area is 138 Å². The van der Waals surface area contributed by atoms with Crippen molar-refractivity contribution in [3.63, 3.8) is 0 Å². The lowest BCUT2D eigenvalue weighted by molar-refractivity contribution is 0.0698. The van der Waals surface area contributed by atoms with E-state index >= 15 is 0 Å². The SMILES string of the molecule is CN.Cc1[nH]c2ccc(CCC3CCCCC3)cc2c1C(=O)O. The van der Waals surface area contributed by atoms with Crippen LogP contribution in [0.3, 0.4) is 0 Å². The lowest BCUT2D eigenvalue weighted by Gasteiger charge is -2.21. The van der Waals surface area contributed by atoms with Crippen LogP contribution in [-0.4, -0.2) is 23.1 Å². The number of benzene rings is 1. The van der Waals surface area contributed by atoms with E-state index < -0.39 is 5.97 Å². The van der Waals surface area contributed by atoms with E-state index in [4.69, 9.17) is 0 Å². The highest BCUT2D eigenvalue weighted by atomic mass is 16.4. The normalized spacial score (nSPS) is 15.3. The first-order chi connectivity index (χ1) is 11.1. The van der Waals surface area contributed by atoms with Crippen LogP contribution < -0.4 is 5.73 Å². The van der Waals surface area contributed by atoms with Crippen molar-refractivity contribution < 1.29 is 9.90 Å². The molecule has 23 heavy (non-hydrogen) atoms. The molecule has 0 unspecified atom stereocenters. The van der Waals surface area contributed by atoms with Crippen molar-refractivity contribution in [1.82, 2.24) is 4.98 Å². The van der Waals surface area contributed by atoms with Gasteiger partial charge in [0.05, 0.1) is 5.56 Å². The largest absolute Gasteiger partial charge is 0.478 e. The molecule has 0 spiro atoms. The molecule has 0 radical (unpaired) electrons. The molecule has 0 saturated heterocycles. The lowest BCUT2D eigenvalue weighted by Crippen LogP contribution is -2.07. The Morgan fingerprint density at radius 3 is 2.61 bits per heavy atom. The Morgan fingerprint density at radius 1 is 1.26 bits per heavy atom. The van der Waals surface area contributed by atoms with Gasteiger partial charge in [-0.15, -0.1) is 0 Å². The van der Waals surface area contributed by atoms with Gasteiger partial charge in [0.15, 0.2) is 0 Å². The number of fused-ring (bicyclic) bond motifs is 1. The van der Waals surface area contributed by atoms with Gasteiger partial charge in [-0.05, 0) is 50.4 Å². The van der Waals surface area contributed by atoms with Crippen LogP contribution in [-0.2, 0) is 6.42 Å². The molecule has 1 aliphatic carbocycles. The zero-order valence-electron chi connectivity index (χ0n) is 14.2. The number of carboxylic acid groups (broad SMARTS) is 1. The van der Waals surface area contributed by atoms with Gasteiger partial charge in [-0.3, -0.25) is 0 Å². The van der Waals surface area contributed by atoms with Crippen LogP contribution in [0.2, 0.25) is 0 Å². The number of aromatic amines is 1. The Morgan fingerprint density at radius 2 is 1.96 bits per heavy atom. The summed E-state index contributed by atoms with van der Waals surface area (Å²) in [5, 5.41) is 10.2. The summed E-state index contributed by atoms with van der Waals surface area (Å²) in [6, 6.07) is 6.21. The number of aromatic nitrogens is 1. The molecule has 2 aromatic rings. The summed E-state index contributed by atoms with van der Waals surface area (Å²) >= 11 is 0. The molecule has 0 aliphatic heterocycles. The average molecular weight is 316 g/mol. The van der Waals surface area contributed by atoms with Crippen molar-refractivity contribution in [2.45, 2.75) is 51.9 Å². The number of nitrogens with two attached hydrogens (primary N) is 1. The summed E-state index contributed by atoms with van der Waals surface area (Å²) in [6.45, 7) is 1.82. The van der Waals surface area contributed by atoms with Crippen LogP contribution in [0.1, 0.15) is 60.1 Å². The van der Waals surface area contributed by atoms with Gasteiger partial charge in [0.2, 0.25) is 0 Å². The van der Waals surface area contributed by atoms with Crippen molar-refractivity contribution in [1.29, 1.82) is 0 Å². The van der Waals surface area contributed by atoms with Gasteiger partial charge in [-0.25, -0.2) is 4.79 Å². The van der Waals surface area contributed by atoms with E-state index in [1.165, 1.54) is 51.1 Å². The summed E-state index contributed by atoms with van der Waals surface area (Å²) < 4.78 is 0. The van der Waals surface area contributed by atoms with E-state index in [-0.39, 0.29) is 0 Å². The van der Waals surface area contributed by atoms with Gasteiger partial charge in [0.1, 0.15) is 0 Å². The van der Waals surface area contributed by atoms with Crippen LogP contribution in [0.25, 0.3) is 10.9 Å². The molecule has 1 fully saturated rings.